The second-order valence-electron chi connectivity index (χ2n) is 7.81. The van der Waals surface area contributed by atoms with Crippen LogP contribution in [0.5, 0.6) is 0 Å². The Morgan fingerprint density at radius 3 is 2.56 bits per heavy atom. The van der Waals surface area contributed by atoms with Crippen molar-refractivity contribution in [2.45, 2.75) is 32.2 Å². The summed E-state index contributed by atoms with van der Waals surface area (Å²) in [7, 11) is 1.60. The van der Waals surface area contributed by atoms with Gasteiger partial charge >= 0.3 is 0 Å². The number of hydrogen-bond donors (Lipinski definition) is 1. The van der Waals surface area contributed by atoms with Crippen LogP contribution in [-0.2, 0) is 6.54 Å². The van der Waals surface area contributed by atoms with Crippen LogP contribution >= 0.6 is 31.9 Å². The number of carbonyl (C=O) groups excluding carboxylic acids is 1. The Morgan fingerprint density at radius 1 is 1.22 bits per heavy atom. The van der Waals surface area contributed by atoms with Crippen molar-refractivity contribution in [2.24, 2.45) is 0 Å². The molecule has 0 unspecified atom stereocenters. The molecule has 2 aromatic heterocycles. The number of aromatic nitrogens is 4. The molecule has 9 heteroatoms. The van der Waals surface area contributed by atoms with Crippen LogP contribution in [0.4, 0.5) is 4.39 Å². The zero-order valence-corrected chi connectivity index (χ0v) is 20.7. The van der Waals surface area contributed by atoms with Crippen LogP contribution in [0.15, 0.2) is 45.6 Å². The Kier molecular flexibility index (Phi) is 5.41. The molecule has 1 fully saturated rings. The topological polar surface area (TPSA) is 64.7 Å². The molecule has 164 valence electrons. The van der Waals surface area contributed by atoms with Gasteiger partial charge in [0, 0.05) is 24.5 Å². The number of benzene rings is 2. The van der Waals surface area contributed by atoms with Crippen LogP contribution in [0, 0.1) is 5.82 Å². The zero-order valence-electron chi connectivity index (χ0n) is 17.5. The molecule has 0 radical (unpaired) electrons. The lowest BCUT2D eigenvalue weighted by molar-refractivity contribution is 0.0957. The molecule has 0 atom stereocenters. The molecule has 1 N–H and O–H groups in total. The highest BCUT2D eigenvalue weighted by Crippen LogP contribution is 2.46. The minimum atomic E-state index is -0.340. The molecule has 2 aromatic carbocycles. The fourth-order valence-electron chi connectivity index (χ4n) is 4.08. The molecule has 6 nitrogen and oxygen atoms in total. The second-order valence-corrected chi connectivity index (χ2v) is 9.31. The summed E-state index contributed by atoms with van der Waals surface area (Å²) in [5.41, 5.74) is 3.92. The largest absolute Gasteiger partial charge is 0.354 e. The third-order valence-corrected chi connectivity index (χ3v) is 7.69. The minimum absolute atomic E-state index is 0.244. The number of imidazole rings is 1. The lowest BCUT2D eigenvalue weighted by Gasteiger charge is -2.11. The summed E-state index contributed by atoms with van der Waals surface area (Å²) >= 11 is 7.15. The van der Waals surface area contributed by atoms with E-state index in [1.165, 1.54) is 17.7 Å². The number of rotatable bonds is 5. The summed E-state index contributed by atoms with van der Waals surface area (Å²) < 4.78 is 18.8. The molecule has 0 saturated heterocycles. The Bertz CT molecular complexity index is 1360. The number of nitrogens with zero attached hydrogens (tertiary/aromatic N) is 4. The van der Waals surface area contributed by atoms with Crippen molar-refractivity contribution in [3.8, 4) is 17.1 Å². The van der Waals surface area contributed by atoms with Gasteiger partial charge in [0.05, 0.1) is 11.2 Å². The van der Waals surface area contributed by atoms with Crippen LogP contribution < -0.4 is 5.32 Å². The monoisotopic (exact) mass is 559 g/mol. The van der Waals surface area contributed by atoms with Gasteiger partial charge in [0.1, 0.15) is 26.5 Å². The zero-order chi connectivity index (χ0) is 22.6. The third kappa shape index (κ3) is 3.47. The first-order chi connectivity index (χ1) is 15.4. The van der Waals surface area contributed by atoms with Gasteiger partial charge in [-0.15, -0.1) is 0 Å². The molecule has 1 aliphatic rings. The van der Waals surface area contributed by atoms with Crippen molar-refractivity contribution in [1.82, 2.24) is 24.6 Å². The van der Waals surface area contributed by atoms with Crippen molar-refractivity contribution in [1.29, 1.82) is 0 Å². The van der Waals surface area contributed by atoms with Crippen LogP contribution in [0.1, 0.15) is 41.7 Å². The van der Waals surface area contributed by atoms with Gasteiger partial charge in [0.2, 0.25) is 0 Å². The van der Waals surface area contributed by atoms with Crippen molar-refractivity contribution < 1.29 is 9.18 Å². The van der Waals surface area contributed by atoms with Gasteiger partial charge < -0.3 is 9.88 Å². The van der Waals surface area contributed by atoms with Crippen LogP contribution in [-0.4, -0.2) is 32.3 Å². The summed E-state index contributed by atoms with van der Waals surface area (Å²) in [6, 6.07) is 10.1. The quantitative estimate of drug-likeness (QED) is 0.335. The van der Waals surface area contributed by atoms with Crippen LogP contribution in [0.2, 0.25) is 0 Å². The summed E-state index contributed by atoms with van der Waals surface area (Å²) in [5, 5.41) is 8.23. The highest BCUT2D eigenvalue weighted by molar-refractivity contribution is 9.13. The minimum Gasteiger partial charge on any atom is -0.354 e. The maximum absolute atomic E-state index is 13.5. The van der Waals surface area contributed by atoms with E-state index in [0.29, 0.717) is 22.8 Å². The molecular weight excluding hydrogens is 541 g/mol. The van der Waals surface area contributed by atoms with E-state index >= 15 is 0 Å². The second kappa shape index (κ2) is 8.12. The molecule has 2 heterocycles. The van der Waals surface area contributed by atoms with E-state index in [-0.39, 0.29) is 11.7 Å². The number of nitrogens with one attached hydrogen (secondary N) is 1. The van der Waals surface area contributed by atoms with Gasteiger partial charge in [-0.1, -0.05) is 0 Å². The standard InChI is InChI=1S/C23H20Br2FN5O/c1-3-30-21(25)20(24)28-22(30)16-11-18-17(10-15(16)12-4-5-12)19(23(32)27-2)31(29-18)14-8-6-13(26)7-9-14/h6-12H,3-5H2,1-2H3,(H,27,32). The van der Waals surface area contributed by atoms with Crippen molar-refractivity contribution in [3.63, 3.8) is 0 Å². The number of halogens is 3. The molecular formula is C23H20Br2FN5O. The molecule has 5 rings (SSSR count). The Hall–Kier alpha value is -2.52. The van der Waals surface area contributed by atoms with E-state index in [0.717, 1.165) is 45.4 Å². The number of fused-ring (bicyclic) bond motifs is 1. The maximum Gasteiger partial charge on any atom is 0.270 e. The third-order valence-electron chi connectivity index (χ3n) is 5.80. The first-order valence-electron chi connectivity index (χ1n) is 10.4. The van der Waals surface area contributed by atoms with E-state index in [2.05, 4.69) is 54.7 Å². The van der Waals surface area contributed by atoms with Crippen molar-refractivity contribution in [3.05, 3.63) is 62.7 Å². The van der Waals surface area contributed by atoms with Gasteiger partial charge in [-0.25, -0.2) is 14.1 Å². The fourth-order valence-corrected chi connectivity index (χ4v) is 4.97. The Labute approximate surface area is 201 Å². The normalized spacial score (nSPS) is 13.7. The molecule has 1 saturated carbocycles. The van der Waals surface area contributed by atoms with Gasteiger partial charge in [0.25, 0.3) is 5.91 Å². The molecule has 1 aliphatic carbocycles. The number of carbonyl (C=O) groups is 1. The van der Waals surface area contributed by atoms with Gasteiger partial charge in [-0.2, -0.15) is 5.10 Å². The Balaban J connectivity index is 1.80. The molecule has 32 heavy (non-hydrogen) atoms. The number of amides is 1. The molecule has 1 amide bonds. The van der Waals surface area contributed by atoms with Crippen LogP contribution in [0.3, 0.4) is 0 Å². The summed E-state index contributed by atoms with van der Waals surface area (Å²) in [5.74, 6) is 0.702. The lowest BCUT2D eigenvalue weighted by atomic mass is 9.99. The van der Waals surface area contributed by atoms with E-state index in [9.17, 15) is 9.18 Å². The van der Waals surface area contributed by atoms with Gasteiger partial charge in [0.15, 0.2) is 0 Å². The summed E-state index contributed by atoms with van der Waals surface area (Å²) in [6.45, 7) is 2.83. The lowest BCUT2D eigenvalue weighted by Crippen LogP contribution is -2.21. The maximum atomic E-state index is 13.5. The smallest absolute Gasteiger partial charge is 0.270 e. The fraction of sp³-hybridized carbons (Fsp3) is 0.261. The molecule has 0 aliphatic heterocycles. The van der Waals surface area contributed by atoms with E-state index < -0.39 is 0 Å². The first-order valence-corrected chi connectivity index (χ1v) is 12.0. The average molecular weight is 561 g/mol. The highest BCUT2D eigenvalue weighted by Gasteiger charge is 2.31. The van der Waals surface area contributed by atoms with E-state index in [1.807, 2.05) is 6.07 Å². The summed E-state index contributed by atoms with van der Waals surface area (Å²) in [4.78, 5) is 17.6. The predicted molar refractivity (Wildman–Crippen MR) is 129 cm³/mol. The summed E-state index contributed by atoms with van der Waals surface area (Å²) in [6.07, 6.45) is 2.21. The van der Waals surface area contributed by atoms with Gasteiger partial charge in [-0.05, 0) is 99.5 Å². The molecule has 0 bridgehead atoms. The van der Waals surface area contributed by atoms with Gasteiger partial charge in [-0.3, -0.25) is 4.79 Å². The highest BCUT2D eigenvalue weighted by atomic mass is 79.9. The van der Waals surface area contributed by atoms with Crippen molar-refractivity contribution in [2.75, 3.05) is 7.05 Å². The molecule has 4 aromatic rings. The molecule has 0 spiro atoms. The predicted octanol–water partition coefficient (Wildman–Crippen LogP) is 5.81. The SMILES string of the molecule is CCn1c(-c2cc3nn(-c4ccc(F)cc4)c(C(=O)NC)c3cc2C2CC2)nc(Br)c1Br. The first kappa shape index (κ1) is 21.3. The van der Waals surface area contributed by atoms with E-state index in [1.54, 1.807) is 23.9 Å². The number of hydrogen-bond acceptors (Lipinski definition) is 3. The average Bonchev–Trinajstić information content (AvgIpc) is 3.52. The Morgan fingerprint density at radius 2 is 1.94 bits per heavy atom. The van der Waals surface area contributed by atoms with Crippen molar-refractivity contribution >= 4 is 48.7 Å². The van der Waals surface area contributed by atoms with Crippen LogP contribution in [0.25, 0.3) is 28.0 Å². The van der Waals surface area contributed by atoms with E-state index in [4.69, 9.17) is 10.1 Å².